The van der Waals surface area contributed by atoms with Crippen LogP contribution < -0.4 is 0 Å². The second-order valence-electron chi connectivity index (χ2n) is 4.35. The SMILES string of the molecule is CN(CC(O)c1cccs1)C(=O)c1ccc(F)c(F)c1. The minimum absolute atomic E-state index is 0.0461. The van der Waals surface area contributed by atoms with Crippen LogP contribution in [0.1, 0.15) is 21.3 Å². The zero-order valence-corrected chi connectivity index (χ0v) is 11.5. The second-order valence-corrected chi connectivity index (χ2v) is 5.33. The molecule has 1 amide bonds. The standard InChI is InChI=1S/C14H13F2NO2S/c1-17(8-12(18)13-3-2-6-20-13)14(19)9-4-5-10(15)11(16)7-9/h2-7,12,18H,8H2,1H3. The third-order valence-corrected chi connectivity index (χ3v) is 3.81. The zero-order chi connectivity index (χ0) is 14.7. The third kappa shape index (κ3) is 3.20. The van der Waals surface area contributed by atoms with Gasteiger partial charge in [0.1, 0.15) is 6.10 Å². The molecule has 0 saturated carbocycles. The van der Waals surface area contributed by atoms with Gasteiger partial charge in [-0.2, -0.15) is 0 Å². The van der Waals surface area contributed by atoms with Crippen LogP contribution in [-0.2, 0) is 0 Å². The molecule has 1 aromatic carbocycles. The first kappa shape index (κ1) is 14.6. The van der Waals surface area contributed by atoms with Crippen LogP contribution in [0.25, 0.3) is 0 Å². The van der Waals surface area contributed by atoms with Crippen molar-refractivity contribution in [1.82, 2.24) is 4.90 Å². The zero-order valence-electron chi connectivity index (χ0n) is 10.7. The lowest BCUT2D eigenvalue weighted by atomic mass is 10.2. The van der Waals surface area contributed by atoms with Crippen molar-refractivity contribution in [2.45, 2.75) is 6.10 Å². The lowest BCUT2D eigenvalue weighted by molar-refractivity contribution is 0.0685. The number of aliphatic hydroxyl groups excluding tert-OH is 1. The predicted molar refractivity (Wildman–Crippen MR) is 72.6 cm³/mol. The molecule has 106 valence electrons. The van der Waals surface area contributed by atoms with Gasteiger partial charge in [0.25, 0.3) is 5.91 Å². The molecule has 0 spiro atoms. The molecule has 1 heterocycles. The number of nitrogens with zero attached hydrogens (tertiary/aromatic N) is 1. The van der Waals surface area contributed by atoms with Gasteiger partial charge in [-0.1, -0.05) is 6.07 Å². The summed E-state index contributed by atoms with van der Waals surface area (Å²) in [4.78, 5) is 14.1. The van der Waals surface area contributed by atoms with Crippen LogP contribution in [0.5, 0.6) is 0 Å². The van der Waals surface area contributed by atoms with E-state index in [0.717, 1.165) is 17.0 Å². The molecule has 6 heteroatoms. The fourth-order valence-electron chi connectivity index (χ4n) is 1.76. The quantitative estimate of drug-likeness (QED) is 0.942. The topological polar surface area (TPSA) is 40.5 Å². The number of aliphatic hydroxyl groups is 1. The summed E-state index contributed by atoms with van der Waals surface area (Å²) < 4.78 is 25.9. The maximum atomic E-state index is 13.1. The van der Waals surface area contributed by atoms with Crippen LogP contribution in [0.2, 0.25) is 0 Å². The van der Waals surface area contributed by atoms with Crippen molar-refractivity contribution < 1.29 is 18.7 Å². The summed E-state index contributed by atoms with van der Waals surface area (Å²) in [5.41, 5.74) is 0.0461. The molecule has 0 aliphatic heterocycles. The van der Waals surface area contributed by atoms with Crippen LogP contribution in [0, 0.1) is 11.6 Å². The summed E-state index contributed by atoms with van der Waals surface area (Å²) in [6.45, 7) is 0.0817. The van der Waals surface area contributed by atoms with E-state index in [1.807, 2.05) is 5.38 Å². The van der Waals surface area contributed by atoms with E-state index < -0.39 is 23.6 Å². The highest BCUT2D eigenvalue weighted by Crippen LogP contribution is 2.20. The monoisotopic (exact) mass is 297 g/mol. The molecule has 1 unspecified atom stereocenters. The Morgan fingerprint density at radius 3 is 2.70 bits per heavy atom. The first-order valence-electron chi connectivity index (χ1n) is 5.91. The number of carbonyl (C=O) groups excluding carboxylic acids is 1. The van der Waals surface area contributed by atoms with E-state index in [2.05, 4.69) is 0 Å². The molecule has 1 atom stereocenters. The van der Waals surface area contributed by atoms with E-state index in [0.29, 0.717) is 0 Å². The summed E-state index contributed by atoms with van der Waals surface area (Å²) >= 11 is 1.39. The Labute approximate surface area is 119 Å². The highest BCUT2D eigenvalue weighted by atomic mass is 32.1. The first-order valence-corrected chi connectivity index (χ1v) is 6.79. The van der Waals surface area contributed by atoms with Crippen LogP contribution >= 0.6 is 11.3 Å². The fourth-order valence-corrected chi connectivity index (χ4v) is 2.47. The lowest BCUT2D eigenvalue weighted by Crippen LogP contribution is -2.31. The predicted octanol–water partition coefficient (Wildman–Crippen LogP) is 2.83. The van der Waals surface area contributed by atoms with E-state index >= 15 is 0 Å². The molecule has 2 aromatic rings. The summed E-state index contributed by atoms with van der Waals surface area (Å²) in [5.74, 6) is -2.54. The van der Waals surface area contributed by atoms with Crippen molar-refractivity contribution in [2.75, 3.05) is 13.6 Å². The van der Waals surface area contributed by atoms with Crippen molar-refractivity contribution in [1.29, 1.82) is 0 Å². The number of benzene rings is 1. The third-order valence-electron chi connectivity index (χ3n) is 2.83. The molecule has 0 saturated heterocycles. The van der Waals surface area contributed by atoms with Gasteiger partial charge in [-0.15, -0.1) is 11.3 Å². The fraction of sp³-hybridized carbons (Fsp3) is 0.214. The molecule has 0 radical (unpaired) electrons. The largest absolute Gasteiger partial charge is 0.386 e. The van der Waals surface area contributed by atoms with Gasteiger partial charge in [0.05, 0.1) is 6.54 Å². The summed E-state index contributed by atoms with van der Waals surface area (Å²) in [6, 6.07) is 6.55. The Morgan fingerprint density at radius 1 is 1.35 bits per heavy atom. The average molecular weight is 297 g/mol. The second kappa shape index (κ2) is 6.11. The molecule has 2 rings (SSSR count). The van der Waals surface area contributed by atoms with E-state index in [9.17, 15) is 18.7 Å². The van der Waals surface area contributed by atoms with Crippen molar-refractivity contribution in [3.8, 4) is 0 Å². The van der Waals surface area contributed by atoms with E-state index in [-0.39, 0.29) is 12.1 Å². The number of hydrogen-bond acceptors (Lipinski definition) is 3. The number of halogens is 2. The summed E-state index contributed by atoms with van der Waals surface area (Å²) in [5, 5.41) is 11.8. The number of rotatable bonds is 4. The molecule has 0 fully saturated rings. The maximum absolute atomic E-state index is 13.1. The van der Waals surface area contributed by atoms with Gasteiger partial charge in [-0.3, -0.25) is 4.79 Å². The highest BCUT2D eigenvalue weighted by molar-refractivity contribution is 7.10. The van der Waals surface area contributed by atoms with Crippen LogP contribution in [-0.4, -0.2) is 29.5 Å². The van der Waals surface area contributed by atoms with E-state index in [1.165, 1.54) is 29.4 Å². The Morgan fingerprint density at radius 2 is 2.10 bits per heavy atom. The van der Waals surface area contributed by atoms with Gasteiger partial charge in [-0.05, 0) is 29.6 Å². The van der Waals surface area contributed by atoms with Gasteiger partial charge in [0, 0.05) is 17.5 Å². The van der Waals surface area contributed by atoms with Gasteiger partial charge >= 0.3 is 0 Å². The average Bonchev–Trinajstić information content (AvgIpc) is 2.95. The first-order chi connectivity index (χ1) is 9.49. The molecule has 1 N–H and O–H groups in total. The van der Waals surface area contributed by atoms with E-state index in [1.54, 1.807) is 12.1 Å². The van der Waals surface area contributed by atoms with Gasteiger partial charge < -0.3 is 10.0 Å². The minimum Gasteiger partial charge on any atom is -0.386 e. The number of likely N-dealkylation sites (N-methyl/N-ethyl adjacent to an activating group) is 1. The number of amides is 1. The van der Waals surface area contributed by atoms with Gasteiger partial charge in [0.2, 0.25) is 0 Å². The van der Waals surface area contributed by atoms with Crippen LogP contribution in [0.3, 0.4) is 0 Å². The molecule has 1 aromatic heterocycles. The van der Waals surface area contributed by atoms with Crippen LogP contribution in [0.4, 0.5) is 8.78 Å². The molecule has 0 aliphatic rings. The molecule has 3 nitrogen and oxygen atoms in total. The minimum atomic E-state index is -1.07. The Kier molecular flexibility index (Phi) is 4.46. The Bertz CT molecular complexity index is 601. The Balaban J connectivity index is 2.06. The highest BCUT2D eigenvalue weighted by Gasteiger charge is 2.18. The summed E-state index contributed by atoms with van der Waals surface area (Å²) in [6.07, 6.45) is -0.797. The summed E-state index contributed by atoms with van der Waals surface area (Å²) in [7, 11) is 1.50. The number of hydrogen-bond donors (Lipinski definition) is 1. The van der Waals surface area contributed by atoms with E-state index in [4.69, 9.17) is 0 Å². The van der Waals surface area contributed by atoms with Crippen molar-refractivity contribution in [3.63, 3.8) is 0 Å². The van der Waals surface area contributed by atoms with Gasteiger partial charge in [-0.25, -0.2) is 8.78 Å². The smallest absolute Gasteiger partial charge is 0.253 e. The molecular formula is C14H13F2NO2S. The van der Waals surface area contributed by atoms with Crippen molar-refractivity contribution in [2.24, 2.45) is 0 Å². The van der Waals surface area contributed by atoms with Gasteiger partial charge in [0.15, 0.2) is 11.6 Å². The number of carbonyl (C=O) groups is 1. The molecule has 0 bridgehead atoms. The lowest BCUT2D eigenvalue weighted by Gasteiger charge is -2.20. The molecular weight excluding hydrogens is 284 g/mol. The number of thiophene rings is 1. The van der Waals surface area contributed by atoms with Crippen LogP contribution in [0.15, 0.2) is 35.7 Å². The molecule has 0 aliphatic carbocycles. The normalized spacial score (nSPS) is 12.2. The molecule has 20 heavy (non-hydrogen) atoms. The van der Waals surface area contributed by atoms with Crippen molar-refractivity contribution in [3.05, 3.63) is 57.8 Å². The maximum Gasteiger partial charge on any atom is 0.253 e. The van der Waals surface area contributed by atoms with Crippen molar-refractivity contribution >= 4 is 17.2 Å². The Hall–Kier alpha value is -1.79.